The number of aromatic nitrogens is 2. The molecule has 1 aromatic carbocycles. The number of unbranched alkanes of at least 4 members (excludes halogenated alkanes) is 3. The van der Waals surface area contributed by atoms with Crippen LogP contribution in [0.25, 0.3) is 11.0 Å². The smallest absolute Gasteiger partial charge is 0.331 e. The minimum atomic E-state index is 0.0316. The Labute approximate surface area is 154 Å². The van der Waals surface area contributed by atoms with Gasteiger partial charge in [0.15, 0.2) is 0 Å². The standard InChI is InChI=1S/C19H27ClN4O/c1-3-4-5-8-13-23-14-15(11-12-20)22(2)18-21-16-9-6-7-10-17(16)24(18)19(23)25/h6-7,9-10,15H,3-5,8,11-14H2,1-2H3. The van der Waals surface area contributed by atoms with Gasteiger partial charge in [0, 0.05) is 26.0 Å². The number of halogens is 1. The predicted molar refractivity (Wildman–Crippen MR) is 104 cm³/mol. The van der Waals surface area contributed by atoms with Gasteiger partial charge in [0.05, 0.1) is 17.1 Å². The van der Waals surface area contributed by atoms with Crippen molar-refractivity contribution >= 4 is 34.6 Å². The van der Waals surface area contributed by atoms with Gasteiger partial charge in [-0.15, -0.1) is 11.6 Å². The van der Waals surface area contributed by atoms with Crippen LogP contribution in [0, 0.1) is 0 Å². The number of hydrogen-bond donors (Lipinski definition) is 0. The molecule has 5 nitrogen and oxygen atoms in total. The van der Waals surface area contributed by atoms with Crippen molar-refractivity contribution in [1.29, 1.82) is 0 Å². The Morgan fingerprint density at radius 1 is 1.24 bits per heavy atom. The van der Waals surface area contributed by atoms with Gasteiger partial charge in [-0.1, -0.05) is 38.3 Å². The molecule has 0 saturated heterocycles. The summed E-state index contributed by atoms with van der Waals surface area (Å²) in [5.41, 5.74) is 1.73. The van der Waals surface area contributed by atoms with Gasteiger partial charge in [-0.05, 0) is 25.0 Å². The quantitative estimate of drug-likeness (QED) is 0.543. The van der Waals surface area contributed by atoms with Crippen molar-refractivity contribution in [2.75, 3.05) is 30.9 Å². The normalized spacial score (nSPS) is 17.9. The molecule has 1 aliphatic heterocycles. The summed E-state index contributed by atoms with van der Waals surface area (Å²) in [6.45, 7) is 3.69. The fraction of sp³-hybridized carbons (Fsp3) is 0.579. The van der Waals surface area contributed by atoms with Gasteiger partial charge in [-0.2, -0.15) is 0 Å². The average molecular weight is 363 g/mol. The van der Waals surface area contributed by atoms with Crippen LogP contribution in [-0.2, 0) is 0 Å². The van der Waals surface area contributed by atoms with E-state index in [1.54, 1.807) is 4.57 Å². The van der Waals surface area contributed by atoms with Gasteiger partial charge in [-0.3, -0.25) is 0 Å². The molecular formula is C19H27ClN4O. The number of likely N-dealkylation sites (N-methyl/N-ethyl adjacent to an activating group) is 1. The number of para-hydroxylation sites is 2. The molecule has 6 heteroatoms. The van der Waals surface area contributed by atoms with Gasteiger partial charge in [0.2, 0.25) is 5.95 Å². The Kier molecular flexibility index (Phi) is 5.84. The number of carbonyl (C=O) groups excluding carboxylic acids is 1. The number of nitrogens with zero attached hydrogens (tertiary/aromatic N) is 4. The molecule has 3 rings (SSSR count). The zero-order valence-corrected chi connectivity index (χ0v) is 15.9. The van der Waals surface area contributed by atoms with E-state index in [2.05, 4.69) is 11.8 Å². The van der Waals surface area contributed by atoms with E-state index in [9.17, 15) is 4.79 Å². The van der Waals surface area contributed by atoms with Gasteiger partial charge in [0.25, 0.3) is 0 Å². The molecule has 0 bridgehead atoms. The van der Waals surface area contributed by atoms with E-state index in [4.69, 9.17) is 16.6 Å². The summed E-state index contributed by atoms with van der Waals surface area (Å²) < 4.78 is 1.77. The summed E-state index contributed by atoms with van der Waals surface area (Å²) in [6, 6.07) is 8.06. The Hall–Kier alpha value is -1.75. The number of hydrogen-bond acceptors (Lipinski definition) is 3. The van der Waals surface area contributed by atoms with Crippen LogP contribution in [0.1, 0.15) is 39.0 Å². The lowest BCUT2D eigenvalue weighted by Gasteiger charge is -2.28. The van der Waals surface area contributed by atoms with Crippen molar-refractivity contribution in [3.05, 3.63) is 24.3 Å². The number of benzene rings is 1. The molecule has 25 heavy (non-hydrogen) atoms. The van der Waals surface area contributed by atoms with Gasteiger partial charge < -0.3 is 9.80 Å². The van der Waals surface area contributed by atoms with E-state index in [1.165, 1.54) is 12.8 Å². The van der Waals surface area contributed by atoms with E-state index < -0.39 is 0 Å². The first kappa shape index (κ1) is 18.1. The summed E-state index contributed by atoms with van der Waals surface area (Å²) in [5.74, 6) is 1.30. The lowest BCUT2D eigenvalue weighted by Crippen LogP contribution is -2.42. The first-order valence-electron chi connectivity index (χ1n) is 9.23. The minimum absolute atomic E-state index is 0.0316. The number of anilines is 1. The van der Waals surface area contributed by atoms with Gasteiger partial charge >= 0.3 is 6.03 Å². The van der Waals surface area contributed by atoms with Crippen LogP contribution in [0.3, 0.4) is 0 Å². The molecule has 1 aromatic heterocycles. The zero-order valence-electron chi connectivity index (χ0n) is 15.1. The number of amides is 1. The fourth-order valence-corrected chi connectivity index (χ4v) is 3.78. The second kappa shape index (κ2) is 8.09. The zero-order chi connectivity index (χ0) is 17.8. The Balaban J connectivity index is 1.96. The molecule has 1 aliphatic rings. The third kappa shape index (κ3) is 3.61. The first-order chi connectivity index (χ1) is 12.2. The maximum atomic E-state index is 13.3. The summed E-state index contributed by atoms with van der Waals surface area (Å²) in [7, 11) is 2.02. The van der Waals surface area contributed by atoms with Crippen LogP contribution in [0.15, 0.2) is 24.3 Å². The third-order valence-electron chi connectivity index (χ3n) is 5.02. The van der Waals surface area contributed by atoms with Crippen molar-refractivity contribution < 1.29 is 4.79 Å². The van der Waals surface area contributed by atoms with Crippen LogP contribution >= 0.6 is 11.6 Å². The highest BCUT2D eigenvalue weighted by Gasteiger charge is 2.32. The number of imidazole rings is 1. The number of alkyl halides is 1. The molecule has 136 valence electrons. The number of rotatable bonds is 7. The largest absolute Gasteiger partial charge is 0.340 e. The maximum absolute atomic E-state index is 13.3. The van der Waals surface area contributed by atoms with E-state index in [1.807, 2.05) is 36.2 Å². The molecule has 0 radical (unpaired) electrons. The summed E-state index contributed by atoms with van der Waals surface area (Å²) in [4.78, 5) is 22.1. The number of carbonyl (C=O) groups is 1. The van der Waals surface area contributed by atoms with E-state index in [0.29, 0.717) is 12.4 Å². The van der Waals surface area contributed by atoms with Crippen molar-refractivity contribution in [2.45, 2.75) is 45.1 Å². The molecule has 1 atom stereocenters. The SMILES string of the molecule is CCCCCCN1CC(CCCl)N(C)c2nc3ccccc3n2C1=O. The number of fused-ring (bicyclic) bond motifs is 3. The summed E-state index contributed by atoms with van der Waals surface area (Å²) >= 11 is 6.03. The lowest BCUT2D eigenvalue weighted by atomic mass is 10.1. The second-order valence-corrected chi connectivity index (χ2v) is 7.15. The van der Waals surface area contributed by atoms with Crippen LogP contribution in [-0.4, -0.2) is 52.5 Å². The lowest BCUT2D eigenvalue weighted by molar-refractivity contribution is 0.198. The summed E-state index contributed by atoms with van der Waals surface area (Å²) in [5, 5.41) is 0. The molecule has 0 saturated carbocycles. The highest BCUT2D eigenvalue weighted by atomic mass is 35.5. The average Bonchev–Trinajstić information content (AvgIpc) is 2.97. The highest BCUT2D eigenvalue weighted by Crippen LogP contribution is 2.28. The van der Waals surface area contributed by atoms with E-state index in [0.717, 1.165) is 42.8 Å². The van der Waals surface area contributed by atoms with E-state index >= 15 is 0 Å². The summed E-state index contributed by atoms with van der Waals surface area (Å²) in [6.07, 6.45) is 5.45. The van der Waals surface area contributed by atoms with Crippen molar-refractivity contribution in [3.8, 4) is 0 Å². The Bertz CT molecular complexity index is 729. The fourth-order valence-electron chi connectivity index (χ4n) is 3.53. The molecular weight excluding hydrogens is 336 g/mol. The Morgan fingerprint density at radius 2 is 2.04 bits per heavy atom. The molecule has 0 fully saturated rings. The van der Waals surface area contributed by atoms with Gasteiger partial charge in [0.1, 0.15) is 0 Å². The van der Waals surface area contributed by atoms with Crippen LogP contribution in [0.5, 0.6) is 0 Å². The third-order valence-corrected chi connectivity index (χ3v) is 5.24. The Morgan fingerprint density at radius 3 is 2.80 bits per heavy atom. The van der Waals surface area contributed by atoms with Gasteiger partial charge in [-0.25, -0.2) is 14.3 Å². The minimum Gasteiger partial charge on any atom is -0.340 e. The molecule has 1 amide bonds. The van der Waals surface area contributed by atoms with E-state index in [-0.39, 0.29) is 12.1 Å². The highest BCUT2D eigenvalue weighted by molar-refractivity contribution is 6.17. The maximum Gasteiger partial charge on any atom is 0.331 e. The predicted octanol–water partition coefficient (Wildman–Crippen LogP) is 4.33. The molecule has 0 spiro atoms. The second-order valence-electron chi connectivity index (χ2n) is 6.77. The molecule has 0 N–H and O–H groups in total. The van der Waals surface area contributed by atoms with Crippen molar-refractivity contribution in [2.24, 2.45) is 0 Å². The monoisotopic (exact) mass is 362 g/mol. The first-order valence-corrected chi connectivity index (χ1v) is 9.76. The van der Waals surface area contributed by atoms with Crippen LogP contribution in [0.4, 0.5) is 10.7 Å². The molecule has 1 unspecified atom stereocenters. The van der Waals surface area contributed by atoms with Crippen LogP contribution < -0.4 is 4.90 Å². The molecule has 2 heterocycles. The van der Waals surface area contributed by atoms with Crippen LogP contribution in [0.2, 0.25) is 0 Å². The van der Waals surface area contributed by atoms with Crippen molar-refractivity contribution in [3.63, 3.8) is 0 Å². The molecule has 2 aromatic rings. The topological polar surface area (TPSA) is 41.4 Å². The molecule has 0 aliphatic carbocycles. The van der Waals surface area contributed by atoms with Crippen molar-refractivity contribution in [1.82, 2.24) is 14.5 Å².